The average molecular weight is 237 g/mol. The molecule has 1 fully saturated rings. The molecule has 2 rings (SSSR count). The minimum atomic E-state index is -0.289. The maximum Gasteiger partial charge on any atom is 0.249 e. The fraction of sp³-hybridized carbons (Fsp3) is 0.462. The second-order valence-corrected chi connectivity index (χ2v) is 4.17. The zero-order valence-electron chi connectivity index (χ0n) is 9.62. The van der Waals surface area contributed by atoms with Crippen molar-refractivity contribution in [1.29, 1.82) is 0 Å². The van der Waals surface area contributed by atoms with E-state index in [-0.39, 0.29) is 17.8 Å². The Morgan fingerprint density at radius 3 is 3.12 bits per heavy atom. The number of ether oxygens (including phenoxy) is 1. The molecule has 1 atom stereocenters. The number of amides is 1. The van der Waals surface area contributed by atoms with Crippen molar-refractivity contribution in [1.82, 2.24) is 5.32 Å². The van der Waals surface area contributed by atoms with Gasteiger partial charge in [-0.05, 0) is 37.0 Å². The van der Waals surface area contributed by atoms with Gasteiger partial charge in [-0.3, -0.25) is 4.79 Å². The molecule has 0 aromatic heterocycles. The lowest BCUT2D eigenvalue weighted by atomic mass is 10.1. The summed E-state index contributed by atoms with van der Waals surface area (Å²) in [5.41, 5.74) is 0.887. The highest BCUT2D eigenvalue weighted by Gasteiger charge is 2.22. The SMILES string of the molecule is O=C(NCCc1cccc(F)c1)C1CCCO1. The molecule has 0 bridgehead atoms. The van der Waals surface area contributed by atoms with Crippen LogP contribution >= 0.6 is 0 Å². The van der Waals surface area contributed by atoms with E-state index in [4.69, 9.17) is 4.74 Å². The second kappa shape index (κ2) is 5.77. The third kappa shape index (κ3) is 3.53. The van der Waals surface area contributed by atoms with Crippen molar-refractivity contribution in [3.05, 3.63) is 35.6 Å². The van der Waals surface area contributed by atoms with E-state index in [1.54, 1.807) is 6.07 Å². The summed E-state index contributed by atoms with van der Waals surface area (Å²) in [5.74, 6) is -0.299. The molecule has 1 aromatic rings. The molecule has 1 heterocycles. The topological polar surface area (TPSA) is 38.3 Å². The number of hydrogen-bond donors (Lipinski definition) is 1. The zero-order chi connectivity index (χ0) is 12.1. The van der Waals surface area contributed by atoms with E-state index >= 15 is 0 Å². The minimum absolute atomic E-state index is 0.0566. The molecule has 1 unspecified atom stereocenters. The first kappa shape index (κ1) is 12.0. The minimum Gasteiger partial charge on any atom is -0.368 e. The molecule has 1 N–H and O–H groups in total. The molecule has 0 aliphatic carbocycles. The molecule has 1 amide bonds. The highest BCUT2D eigenvalue weighted by molar-refractivity contribution is 5.80. The Hall–Kier alpha value is -1.42. The van der Waals surface area contributed by atoms with Crippen LogP contribution in [0.5, 0.6) is 0 Å². The summed E-state index contributed by atoms with van der Waals surface area (Å²) in [7, 11) is 0. The van der Waals surface area contributed by atoms with Crippen LogP contribution in [0, 0.1) is 5.82 Å². The van der Waals surface area contributed by atoms with Crippen molar-refractivity contribution < 1.29 is 13.9 Å². The molecule has 1 saturated heterocycles. The number of carbonyl (C=O) groups is 1. The molecule has 3 nitrogen and oxygen atoms in total. The summed E-state index contributed by atoms with van der Waals surface area (Å²) >= 11 is 0. The number of nitrogens with one attached hydrogen (secondary N) is 1. The number of rotatable bonds is 4. The fourth-order valence-electron chi connectivity index (χ4n) is 1.92. The van der Waals surface area contributed by atoms with Gasteiger partial charge in [-0.2, -0.15) is 0 Å². The molecule has 17 heavy (non-hydrogen) atoms. The van der Waals surface area contributed by atoms with E-state index in [2.05, 4.69) is 5.32 Å². The Bertz CT molecular complexity index is 389. The number of carbonyl (C=O) groups excluding carboxylic acids is 1. The predicted molar refractivity (Wildman–Crippen MR) is 62.1 cm³/mol. The van der Waals surface area contributed by atoms with Crippen LogP contribution in [-0.4, -0.2) is 25.2 Å². The maximum absolute atomic E-state index is 12.9. The first-order chi connectivity index (χ1) is 8.25. The number of halogens is 1. The van der Waals surface area contributed by atoms with E-state index in [9.17, 15) is 9.18 Å². The highest BCUT2D eigenvalue weighted by Crippen LogP contribution is 2.11. The van der Waals surface area contributed by atoms with Gasteiger partial charge in [0, 0.05) is 13.2 Å². The molecule has 0 spiro atoms. The summed E-state index contributed by atoms with van der Waals surface area (Å²) in [6.07, 6.45) is 2.09. The van der Waals surface area contributed by atoms with Gasteiger partial charge in [0.25, 0.3) is 0 Å². The molecular formula is C13H16FNO2. The number of hydrogen-bond acceptors (Lipinski definition) is 2. The largest absolute Gasteiger partial charge is 0.368 e. The van der Waals surface area contributed by atoms with Crippen molar-refractivity contribution in [3.8, 4) is 0 Å². The molecule has 1 aliphatic heterocycles. The van der Waals surface area contributed by atoms with Crippen LogP contribution in [0.15, 0.2) is 24.3 Å². The summed E-state index contributed by atoms with van der Waals surface area (Å²) in [4.78, 5) is 11.6. The Morgan fingerprint density at radius 1 is 1.53 bits per heavy atom. The van der Waals surface area contributed by atoms with Gasteiger partial charge in [0.05, 0.1) is 0 Å². The molecule has 0 radical (unpaired) electrons. The van der Waals surface area contributed by atoms with Gasteiger partial charge in [-0.25, -0.2) is 4.39 Å². The third-order valence-electron chi connectivity index (χ3n) is 2.82. The molecule has 1 aliphatic rings. The van der Waals surface area contributed by atoms with Crippen LogP contribution in [0.3, 0.4) is 0 Å². The van der Waals surface area contributed by atoms with Crippen molar-refractivity contribution in [2.45, 2.75) is 25.4 Å². The van der Waals surface area contributed by atoms with Crippen LogP contribution in [-0.2, 0) is 16.0 Å². The Balaban J connectivity index is 1.73. The summed E-state index contributed by atoms with van der Waals surface area (Å²) in [6.45, 7) is 1.18. The smallest absolute Gasteiger partial charge is 0.249 e. The Morgan fingerprint density at radius 2 is 2.41 bits per heavy atom. The van der Waals surface area contributed by atoms with E-state index < -0.39 is 0 Å². The Labute approximate surface area is 100.0 Å². The van der Waals surface area contributed by atoms with Crippen molar-refractivity contribution in [2.75, 3.05) is 13.2 Å². The van der Waals surface area contributed by atoms with Crippen LogP contribution in [0.2, 0.25) is 0 Å². The second-order valence-electron chi connectivity index (χ2n) is 4.17. The summed E-state index contributed by atoms with van der Waals surface area (Å²) in [6, 6.07) is 6.42. The number of benzene rings is 1. The fourth-order valence-corrected chi connectivity index (χ4v) is 1.92. The van der Waals surface area contributed by atoms with Crippen molar-refractivity contribution in [3.63, 3.8) is 0 Å². The highest BCUT2D eigenvalue weighted by atomic mass is 19.1. The van der Waals surface area contributed by atoms with Crippen molar-refractivity contribution >= 4 is 5.91 Å². The van der Waals surface area contributed by atoms with E-state index in [0.717, 1.165) is 18.4 Å². The van der Waals surface area contributed by atoms with Crippen LogP contribution in [0.1, 0.15) is 18.4 Å². The monoisotopic (exact) mass is 237 g/mol. The van der Waals surface area contributed by atoms with Crippen LogP contribution in [0.4, 0.5) is 4.39 Å². The van der Waals surface area contributed by atoms with Gasteiger partial charge in [0.2, 0.25) is 5.91 Å². The van der Waals surface area contributed by atoms with Gasteiger partial charge in [0.15, 0.2) is 0 Å². The normalized spacial score (nSPS) is 19.2. The van der Waals surface area contributed by atoms with Crippen molar-refractivity contribution in [2.24, 2.45) is 0 Å². The molecule has 0 saturated carbocycles. The van der Waals surface area contributed by atoms with Gasteiger partial charge in [-0.1, -0.05) is 12.1 Å². The Kier molecular flexibility index (Phi) is 4.09. The predicted octanol–water partition coefficient (Wildman–Crippen LogP) is 1.66. The van der Waals surface area contributed by atoms with Gasteiger partial charge in [0.1, 0.15) is 11.9 Å². The van der Waals surface area contributed by atoms with E-state index in [1.165, 1.54) is 12.1 Å². The quantitative estimate of drug-likeness (QED) is 0.865. The molecule has 1 aromatic carbocycles. The lowest BCUT2D eigenvalue weighted by Gasteiger charge is -2.10. The standard InChI is InChI=1S/C13H16FNO2/c14-11-4-1-3-10(9-11)6-7-15-13(16)12-5-2-8-17-12/h1,3-4,9,12H,2,5-8H2,(H,15,16). The first-order valence-corrected chi connectivity index (χ1v) is 5.89. The summed E-state index contributed by atoms with van der Waals surface area (Å²) < 4.78 is 18.2. The molecule has 92 valence electrons. The van der Waals surface area contributed by atoms with Crippen LogP contribution < -0.4 is 5.32 Å². The zero-order valence-corrected chi connectivity index (χ0v) is 9.62. The van der Waals surface area contributed by atoms with Gasteiger partial charge < -0.3 is 10.1 Å². The molecule has 4 heteroatoms. The third-order valence-corrected chi connectivity index (χ3v) is 2.82. The van der Waals surface area contributed by atoms with Gasteiger partial charge >= 0.3 is 0 Å². The van der Waals surface area contributed by atoms with Crippen LogP contribution in [0.25, 0.3) is 0 Å². The van der Waals surface area contributed by atoms with E-state index in [1.807, 2.05) is 6.07 Å². The summed E-state index contributed by atoms with van der Waals surface area (Å²) in [5, 5.41) is 2.81. The first-order valence-electron chi connectivity index (χ1n) is 5.89. The van der Waals surface area contributed by atoms with E-state index in [0.29, 0.717) is 19.6 Å². The van der Waals surface area contributed by atoms with Gasteiger partial charge in [-0.15, -0.1) is 0 Å². The lowest BCUT2D eigenvalue weighted by Crippen LogP contribution is -2.35. The lowest BCUT2D eigenvalue weighted by molar-refractivity contribution is -0.129. The molecular weight excluding hydrogens is 221 g/mol. The average Bonchev–Trinajstić information content (AvgIpc) is 2.82. The maximum atomic E-state index is 12.9.